The number of Topliss-reactive ketones (excluding diaryl/α,β-unsaturated/α-hetero) is 1. The van der Waals surface area contributed by atoms with Gasteiger partial charge in [-0.05, 0) is 18.4 Å². The van der Waals surface area contributed by atoms with Gasteiger partial charge in [0.25, 0.3) is 0 Å². The van der Waals surface area contributed by atoms with Gasteiger partial charge < -0.3 is 5.11 Å². The minimum atomic E-state index is -0.718. The van der Waals surface area contributed by atoms with Crippen LogP contribution >= 0.6 is 0 Å². The van der Waals surface area contributed by atoms with Crippen molar-refractivity contribution < 1.29 is 14.3 Å². The predicted molar refractivity (Wildman–Crippen MR) is 31.8 cm³/mol. The quantitative estimate of drug-likeness (QED) is 0.576. The van der Waals surface area contributed by atoms with E-state index in [1.165, 1.54) is 6.08 Å². The van der Waals surface area contributed by atoms with Crippen LogP contribution in [-0.2, 0) is 4.79 Å². The fraction of sp³-hybridized carbons (Fsp3) is 0.571. The van der Waals surface area contributed by atoms with E-state index in [1.54, 1.807) is 0 Å². The number of carbonyl (C=O) groups is 1. The molecule has 2 aliphatic rings. The number of hydrogen-bond acceptors (Lipinski definition) is 2. The SMILES string of the molecule is O=C1C(F)=C[C@H]2C[C@@]12CO. The normalized spacial score (nSPS) is 43.2. The van der Waals surface area contributed by atoms with Crippen molar-refractivity contribution in [2.24, 2.45) is 11.3 Å². The highest BCUT2D eigenvalue weighted by atomic mass is 19.1. The summed E-state index contributed by atoms with van der Waals surface area (Å²) in [5.74, 6) is -1.17. The molecule has 1 N–H and O–H groups in total. The van der Waals surface area contributed by atoms with Crippen LogP contribution in [-0.4, -0.2) is 17.5 Å². The maximum atomic E-state index is 12.4. The molecule has 0 aliphatic heterocycles. The molecule has 0 heterocycles. The number of hydrogen-bond donors (Lipinski definition) is 1. The summed E-state index contributed by atoms with van der Waals surface area (Å²) in [5.41, 5.74) is -0.718. The first-order valence-corrected chi connectivity index (χ1v) is 3.24. The standard InChI is InChI=1S/C7H7FO2/c8-5-1-4-2-7(4,3-9)6(5)10/h1,4,9H,2-3H2/t4-,7-/m0/s1. The number of halogens is 1. The smallest absolute Gasteiger partial charge is 0.199 e. The van der Waals surface area contributed by atoms with Crippen LogP contribution in [0.5, 0.6) is 0 Å². The van der Waals surface area contributed by atoms with Crippen LogP contribution in [0.4, 0.5) is 4.39 Å². The van der Waals surface area contributed by atoms with Crippen molar-refractivity contribution >= 4 is 5.78 Å². The molecule has 2 nitrogen and oxygen atoms in total. The first-order chi connectivity index (χ1) is 4.70. The molecule has 1 saturated carbocycles. The Kier molecular flexibility index (Phi) is 0.892. The topological polar surface area (TPSA) is 37.3 Å². The zero-order chi connectivity index (χ0) is 7.35. The maximum Gasteiger partial charge on any atom is 0.199 e. The number of aliphatic hydroxyl groups is 1. The summed E-state index contributed by atoms with van der Waals surface area (Å²) in [6, 6.07) is 0. The summed E-state index contributed by atoms with van der Waals surface area (Å²) >= 11 is 0. The lowest BCUT2D eigenvalue weighted by Crippen LogP contribution is -2.18. The highest BCUT2D eigenvalue weighted by Crippen LogP contribution is 2.59. The van der Waals surface area contributed by atoms with Gasteiger partial charge in [0.15, 0.2) is 11.6 Å². The molecular weight excluding hydrogens is 135 g/mol. The van der Waals surface area contributed by atoms with Gasteiger partial charge in [-0.15, -0.1) is 0 Å². The van der Waals surface area contributed by atoms with E-state index in [4.69, 9.17) is 5.11 Å². The van der Waals surface area contributed by atoms with Gasteiger partial charge in [0.05, 0.1) is 12.0 Å². The molecule has 2 atom stereocenters. The van der Waals surface area contributed by atoms with Crippen molar-refractivity contribution in [2.45, 2.75) is 6.42 Å². The highest BCUT2D eigenvalue weighted by molar-refractivity contribution is 6.03. The predicted octanol–water partition coefficient (Wildman–Crippen LogP) is 0.421. The van der Waals surface area contributed by atoms with Crippen molar-refractivity contribution in [1.82, 2.24) is 0 Å². The lowest BCUT2D eigenvalue weighted by molar-refractivity contribution is -0.122. The Balaban J connectivity index is 2.33. The molecule has 0 aromatic carbocycles. The minimum absolute atomic E-state index is 0.00926. The minimum Gasteiger partial charge on any atom is -0.395 e. The zero-order valence-corrected chi connectivity index (χ0v) is 5.30. The van der Waals surface area contributed by atoms with E-state index in [1.807, 2.05) is 0 Å². The van der Waals surface area contributed by atoms with Gasteiger partial charge in [0, 0.05) is 0 Å². The molecule has 0 saturated heterocycles. The Bertz CT molecular complexity index is 234. The Morgan fingerprint density at radius 3 is 2.90 bits per heavy atom. The average molecular weight is 142 g/mol. The van der Waals surface area contributed by atoms with E-state index in [-0.39, 0.29) is 12.5 Å². The summed E-state index contributed by atoms with van der Waals surface area (Å²) in [6.45, 7) is -0.208. The molecule has 3 heteroatoms. The van der Waals surface area contributed by atoms with Gasteiger partial charge in [-0.3, -0.25) is 4.79 Å². The summed E-state index contributed by atoms with van der Waals surface area (Å²) in [7, 11) is 0. The Labute approximate surface area is 57.3 Å². The molecule has 0 aromatic heterocycles. The zero-order valence-electron chi connectivity index (χ0n) is 5.30. The third-order valence-corrected chi connectivity index (χ3v) is 2.43. The van der Waals surface area contributed by atoms with E-state index < -0.39 is 17.0 Å². The van der Waals surface area contributed by atoms with Gasteiger partial charge in [0.2, 0.25) is 0 Å². The largest absolute Gasteiger partial charge is 0.395 e. The third-order valence-electron chi connectivity index (χ3n) is 2.43. The van der Waals surface area contributed by atoms with Crippen molar-refractivity contribution in [1.29, 1.82) is 0 Å². The van der Waals surface area contributed by atoms with Gasteiger partial charge in [-0.25, -0.2) is 4.39 Å². The summed E-state index contributed by atoms with van der Waals surface area (Å²) < 4.78 is 12.4. The number of carbonyl (C=O) groups excluding carboxylic acids is 1. The number of rotatable bonds is 1. The van der Waals surface area contributed by atoms with Crippen molar-refractivity contribution in [3.63, 3.8) is 0 Å². The van der Waals surface area contributed by atoms with Gasteiger partial charge in [0.1, 0.15) is 0 Å². The van der Waals surface area contributed by atoms with E-state index in [0.717, 1.165) is 0 Å². The van der Waals surface area contributed by atoms with Crippen molar-refractivity contribution in [3.05, 3.63) is 11.9 Å². The van der Waals surface area contributed by atoms with Gasteiger partial charge in [-0.1, -0.05) is 0 Å². The van der Waals surface area contributed by atoms with E-state index in [9.17, 15) is 9.18 Å². The van der Waals surface area contributed by atoms with Crippen molar-refractivity contribution in [2.75, 3.05) is 6.61 Å². The van der Waals surface area contributed by atoms with Crippen LogP contribution in [0.15, 0.2) is 11.9 Å². The molecule has 0 unspecified atom stereocenters. The molecule has 2 aliphatic carbocycles. The van der Waals surface area contributed by atoms with Crippen LogP contribution in [0.1, 0.15) is 6.42 Å². The second-order valence-electron chi connectivity index (χ2n) is 2.97. The van der Waals surface area contributed by atoms with Crippen LogP contribution in [0.25, 0.3) is 0 Å². The first-order valence-electron chi connectivity index (χ1n) is 3.24. The Morgan fingerprint density at radius 2 is 2.60 bits per heavy atom. The summed E-state index contributed by atoms with van der Waals surface area (Å²) in [6.07, 6.45) is 1.95. The second-order valence-corrected chi connectivity index (χ2v) is 2.97. The molecule has 10 heavy (non-hydrogen) atoms. The van der Waals surface area contributed by atoms with Crippen LogP contribution < -0.4 is 0 Å². The molecule has 0 aromatic rings. The lowest BCUT2D eigenvalue weighted by Gasteiger charge is -2.03. The fourth-order valence-corrected chi connectivity index (χ4v) is 1.56. The Morgan fingerprint density at radius 1 is 1.90 bits per heavy atom. The van der Waals surface area contributed by atoms with E-state index in [0.29, 0.717) is 6.42 Å². The molecular formula is C7H7FO2. The Hall–Kier alpha value is -0.700. The number of allylic oxidation sites excluding steroid dienone is 2. The second kappa shape index (κ2) is 1.48. The number of aliphatic hydroxyl groups excluding tert-OH is 1. The third kappa shape index (κ3) is 0.453. The van der Waals surface area contributed by atoms with Crippen LogP contribution in [0.2, 0.25) is 0 Å². The summed E-state index contributed by atoms with van der Waals surface area (Å²) in [4.78, 5) is 10.9. The first kappa shape index (κ1) is 6.04. The van der Waals surface area contributed by atoms with Gasteiger partial charge in [-0.2, -0.15) is 0 Å². The average Bonchev–Trinajstić information content (AvgIpc) is 2.57. The fourth-order valence-electron chi connectivity index (χ4n) is 1.56. The monoisotopic (exact) mass is 142 g/mol. The highest BCUT2D eigenvalue weighted by Gasteiger charge is 2.63. The van der Waals surface area contributed by atoms with Crippen LogP contribution in [0, 0.1) is 11.3 Å². The molecule has 0 amide bonds. The van der Waals surface area contributed by atoms with E-state index in [2.05, 4.69) is 0 Å². The lowest BCUT2D eigenvalue weighted by atomic mass is 10.0. The number of fused-ring (bicyclic) bond motifs is 1. The maximum absolute atomic E-state index is 12.4. The van der Waals surface area contributed by atoms with Crippen LogP contribution in [0.3, 0.4) is 0 Å². The molecule has 0 spiro atoms. The molecule has 1 fully saturated rings. The molecule has 54 valence electrons. The molecule has 0 radical (unpaired) electrons. The number of ketones is 1. The van der Waals surface area contributed by atoms with E-state index >= 15 is 0 Å². The van der Waals surface area contributed by atoms with Gasteiger partial charge >= 0.3 is 0 Å². The summed E-state index contributed by atoms with van der Waals surface area (Å²) in [5, 5.41) is 8.73. The molecule has 0 bridgehead atoms. The van der Waals surface area contributed by atoms with Crippen molar-refractivity contribution in [3.8, 4) is 0 Å². The molecule has 2 rings (SSSR count).